The molecule has 3 rings (SSSR count). The van der Waals surface area contributed by atoms with E-state index in [1.165, 1.54) is 11.2 Å². The fourth-order valence-electron chi connectivity index (χ4n) is 2.69. The van der Waals surface area contributed by atoms with E-state index in [4.69, 9.17) is 4.74 Å². The molecule has 1 aromatic carbocycles. The Morgan fingerprint density at radius 3 is 2.80 bits per heavy atom. The van der Waals surface area contributed by atoms with Crippen molar-refractivity contribution in [3.8, 4) is 0 Å². The molecule has 2 amide bonds. The number of carbonyl (C=O) groups excluding carboxylic acids is 2. The minimum atomic E-state index is -0.566. The van der Waals surface area contributed by atoms with Crippen molar-refractivity contribution in [3.63, 3.8) is 0 Å². The van der Waals surface area contributed by atoms with E-state index in [9.17, 15) is 9.59 Å². The third-order valence-corrected chi connectivity index (χ3v) is 4.07. The second-order valence-electron chi connectivity index (χ2n) is 5.91. The standard InChI is InChI=1S/C17H21N5O3/c1-13-15(17(24)22(20-13)14-5-3-2-4-6-14)11-18-19-16(23)12-21-7-9-25-10-8-21/h2-6,11,15H,7-10,12H2,1H3,(H,19,23)/b18-11+/t15-/m0/s1. The molecule has 2 heterocycles. The van der Waals surface area contributed by atoms with Crippen molar-refractivity contribution in [1.82, 2.24) is 10.3 Å². The summed E-state index contributed by atoms with van der Waals surface area (Å²) in [5.74, 6) is -0.961. The van der Waals surface area contributed by atoms with Gasteiger partial charge in [0, 0.05) is 19.3 Å². The van der Waals surface area contributed by atoms with Crippen molar-refractivity contribution >= 4 is 29.4 Å². The number of benzene rings is 1. The Kier molecular flexibility index (Phi) is 5.52. The molecular formula is C17H21N5O3. The molecule has 0 unspecified atom stereocenters. The lowest BCUT2D eigenvalue weighted by Crippen LogP contribution is -2.42. The summed E-state index contributed by atoms with van der Waals surface area (Å²) in [5, 5.41) is 9.59. The van der Waals surface area contributed by atoms with Gasteiger partial charge in [0.1, 0.15) is 5.92 Å². The molecule has 2 aliphatic heterocycles. The van der Waals surface area contributed by atoms with Gasteiger partial charge in [-0.1, -0.05) is 18.2 Å². The first-order chi connectivity index (χ1) is 12.1. The van der Waals surface area contributed by atoms with Crippen LogP contribution in [0.4, 0.5) is 5.69 Å². The molecule has 0 bridgehead atoms. The highest BCUT2D eigenvalue weighted by Gasteiger charge is 2.33. The van der Waals surface area contributed by atoms with E-state index in [0.29, 0.717) is 24.6 Å². The van der Waals surface area contributed by atoms with Crippen LogP contribution < -0.4 is 10.4 Å². The minimum Gasteiger partial charge on any atom is -0.379 e. The maximum Gasteiger partial charge on any atom is 0.261 e. The van der Waals surface area contributed by atoms with E-state index in [1.54, 1.807) is 6.92 Å². The van der Waals surface area contributed by atoms with Crippen molar-refractivity contribution in [3.05, 3.63) is 30.3 Å². The molecule has 132 valence electrons. The number of anilines is 1. The number of morpholine rings is 1. The van der Waals surface area contributed by atoms with E-state index in [-0.39, 0.29) is 18.4 Å². The fourth-order valence-corrected chi connectivity index (χ4v) is 2.69. The number of rotatable bonds is 5. The number of nitrogens with zero attached hydrogens (tertiary/aromatic N) is 4. The Hall–Kier alpha value is -2.58. The first kappa shape index (κ1) is 17.2. The molecule has 1 aromatic rings. The highest BCUT2D eigenvalue weighted by molar-refractivity contribution is 6.23. The van der Waals surface area contributed by atoms with Crippen molar-refractivity contribution in [2.24, 2.45) is 16.1 Å². The van der Waals surface area contributed by atoms with Crippen LogP contribution in [0.2, 0.25) is 0 Å². The molecule has 0 aromatic heterocycles. The van der Waals surface area contributed by atoms with Crippen LogP contribution in [0.1, 0.15) is 6.92 Å². The smallest absolute Gasteiger partial charge is 0.261 e. The summed E-state index contributed by atoms with van der Waals surface area (Å²) in [4.78, 5) is 26.4. The molecule has 8 nitrogen and oxygen atoms in total. The summed E-state index contributed by atoms with van der Waals surface area (Å²) in [7, 11) is 0. The van der Waals surface area contributed by atoms with Crippen LogP contribution in [0.25, 0.3) is 0 Å². The predicted molar refractivity (Wildman–Crippen MR) is 94.4 cm³/mol. The van der Waals surface area contributed by atoms with Crippen LogP contribution in [0.3, 0.4) is 0 Å². The monoisotopic (exact) mass is 343 g/mol. The number of hydrogen-bond acceptors (Lipinski definition) is 6. The predicted octanol–water partition coefficient (Wildman–Crippen LogP) is 0.459. The minimum absolute atomic E-state index is 0.185. The third-order valence-electron chi connectivity index (χ3n) is 4.07. The van der Waals surface area contributed by atoms with E-state index >= 15 is 0 Å². The van der Waals surface area contributed by atoms with Gasteiger partial charge in [-0.3, -0.25) is 14.5 Å². The summed E-state index contributed by atoms with van der Waals surface area (Å²) >= 11 is 0. The van der Waals surface area contributed by atoms with Crippen LogP contribution in [-0.4, -0.2) is 61.5 Å². The molecule has 0 aliphatic carbocycles. The molecule has 0 saturated carbocycles. The lowest BCUT2D eigenvalue weighted by molar-refractivity contribution is -0.123. The molecule has 1 atom stereocenters. The van der Waals surface area contributed by atoms with Gasteiger partial charge in [-0.2, -0.15) is 15.2 Å². The number of ether oxygens (including phenoxy) is 1. The number of para-hydroxylation sites is 1. The van der Waals surface area contributed by atoms with Gasteiger partial charge >= 0.3 is 0 Å². The molecule has 1 N–H and O–H groups in total. The highest BCUT2D eigenvalue weighted by atomic mass is 16.5. The lowest BCUT2D eigenvalue weighted by atomic mass is 10.1. The maximum atomic E-state index is 12.5. The van der Waals surface area contributed by atoms with Gasteiger partial charge in [0.2, 0.25) is 0 Å². The summed E-state index contributed by atoms with van der Waals surface area (Å²) < 4.78 is 5.24. The molecular weight excluding hydrogens is 322 g/mol. The molecule has 1 saturated heterocycles. The van der Waals surface area contributed by atoms with E-state index < -0.39 is 5.92 Å². The Balaban J connectivity index is 1.54. The summed E-state index contributed by atoms with van der Waals surface area (Å²) in [6.45, 7) is 4.78. The van der Waals surface area contributed by atoms with Gasteiger partial charge in [0.15, 0.2) is 0 Å². The van der Waals surface area contributed by atoms with Gasteiger partial charge < -0.3 is 4.74 Å². The number of nitrogens with one attached hydrogen (secondary N) is 1. The summed E-state index contributed by atoms with van der Waals surface area (Å²) in [6.07, 6.45) is 1.43. The fraction of sp³-hybridized carbons (Fsp3) is 0.412. The number of carbonyl (C=O) groups is 2. The zero-order valence-electron chi connectivity index (χ0n) is 14.1. The Morgan fingerprint density at radius 2 is 2.08 bits per heavy atom. The molecule has 25 heavy (non-hydrogen) atoms. The second kappa shape index (κ2) is 8.00. The Morgan fingerprint density at radius 1 is 1.36 bits per heavy atom. The second-order valence-corrected chi connectivity index (χ2v) is 5.91. The molecule has 1 fully saturated rings. The molecule has 8 heteroatoms. The van der Waals surface area contributed by atoms with Gasteiger partial charge in [-0.15, -0.1) is 0 Å². The van der Waals surface area contributed by atoms with E-state index in [0.717, 1.165) is 13.1 Å². The maximum absolute atomic E-state index is 12.5. The van der Waals surface area contributed by atoms with Crippen LogP contribution in [0.5, 0.6) is 0 Å². The molecule has 0 spiro atoms. The largest absolute Gasteiger partial charge is 0.379 e. The van der Waals surface area contributed by atoms with E-state index in [1.807, 2.05) is 35.2 Å². The van der Waals surface area contributed by atoms with Gasteiger partial charge in [0.05, 0.1) is 31.2 Å². The number of amides is 2. The van der Waals surface area contributed by atoms with Gasteiger partial charge in [0.25, 0.3) is 11.8 Å². The van der Waals surface area contributed by atoms with Crippen molar-refractivity contribution in [2.75, 3.05) is 37.9 Å². The van der Waals surface area contributed by atoms with Crippen molar-refractivity contribution in [2.45, 2.75) is 6.92 Å². The number of hydrazone groups is 2. The van der Waals surface area contributed by atoms with Crippen molar-refractivity contribution < 1.29 is 14.3 Å². The third kappa shape index (κ3) is 4.28. The zero-order valence-corrected chi connectivity index (χ0v) is 14.1. The van der Waals surface area contributed by atoms with Crippen LogP contribution in [0.15, 0.2) is 40.5 Å². The Bertz CT molecular complexity index is 683. The normalized spacial score (nSPS) is 21.6. The van der Waals surface area contributed by atoms with Gasteiger partial charge in [-0.25, -0.2) is 5.43 Å². The average Bonchev–Trinajstić information content (AvgIpc) is 2.91. The van der Waals surface area contributed by atoms with Crippen LogP contribution in [0, 0.1) is 5.92 Å². The summed E-state index contributed by atoms with van der Waals surface area (Å²) in [5.41, 5.74) is 3.82. The van der Waals surface area contributed by atoms with Gasteiger partial charge in [-0.05, 0) is 19.1 Å². The first-order valence-electron chi connectivity index (χ1n) is 8.21. The quantitative estimate of drug-likeness (QED) is 0.622. The van der Waals surface area contributed by atoms with Crippen LogP contribution in [-0.2, 0) is 14.3 Å². The first-order valence-corrected chi connectivity index (χ1v) is 8.21. The highest BCUT2D eigenvalue weighted by Crippen LogP contribution is 2.22. The average molecular weight is 343 g/mol. The summed E-state index contributed by atoms with van der Waals surface area (Å²) in [6, 6.07) is 9.21. The topological polar surface area (TPSA) is 86.6 Å². The SMILES string of the molecule is CC1=NN(c2ccccc2)C(=O)[C@H]1/C=N/NC(=O)CN1CCOCC1. The van der Waals surface area contributed by atoms with E-state index in [2.05, 4.69) is 15.6 Å². The van der Waals surface area contributed by atoms with Crippen molar-refractivity contribution in [1.29, 1.82) is 0 Å². The number of hydrogen-bond donors (Lipinski definition) is 1. The Labute approximate surface area is 146 Å². The molecule has 0 radical (unpaired) electrons. The zero-order chi connectivity index (χ0) is 17.6. The molecule has 2 aliphatic rings. The lowest BCUT2D eigenvalue weighted by Gasteiger charge is -2.25. The van der Waals surface area contributed by atoms with Crippen LogP contribution >= 0.6 is 0 Å².